The summed E-state index contributed by atoms with van der Waals surface area (Å²) in [5, 5.41) is 11.6. The Kier molecular flexibility index (Phi) is 6.31. The van der Waals surface area contributed by atoms with Crippen molar-refractivity contribution in [3.63, 3.8) is 0 Å². The molecule has 0 aliphatic heterocycles. The van der Waals surface area contributed by atoms with Crippen molar-refractivity contribution in [1.29, 1.82) is 0 Å². The molecule has 0 aliphatic carbocycles. The summed E-state index contributed by atoms with van der Waals surface area (Å²) < 4.78 is 13.2. The molecule has 0 bridgehead atoms. The molecule has 1 N–H and O–H groups in total. The highest BCUT2D eigenvalue weighted by Crippen LogP contribution is 2.24. The highest BCUT2D eigenvalue weighted by atomic mass is 16.5. The van der Waals surface area contributed by atoms with Crippen molar-refractivity contribution in [1.82, 2.24) is 14.9 Å². The fourth-order valence-corrected chi connectivity index (χ4v) is 3.87. The predicted octanol–water partition coefficient (Wildman–Crippen LogP) is 5.29. The number of hydrogen-bond acceptors (Lipinski definition) is 5. The second kappa shape index (κ2) is 9.32. The number of carbonyl (C=O) groups is 1. The molecule has 4 rings (SSSR count). The van der Waals surface area contributed by atoms with Gasteiger partial charge in [-0.15, -0.1) is 0 Å². The summed E-state index contributed by atoms with van der Waals surface area (Å²) in [5.74, 6) is 0.947. The van der Waals surface area contributed by atoms with Crippen LogP contribution in [0.4, 0.5) is 5.69 Å². The van der Waals surface area contributed by atoms with Gasteiger partial charge >= 0.3 is 0 Å². The quantitative estimate of drug-likeness (QED) is 0.419. The Morgan fingerprint density at radius 2 is 1.73 bits per heavy atom. The summed E-state index contributed by atoms with van der Waals surface area (Å²) in [5.41, 5.74) is 6.50. The number of aryl methyl sites for hydroxylation is 4. The minimum Gasteiger partial charge on any atom is -0.489 e. The second-order valence-electron chi connectivity index (χ2n) is 8.32. The summed E-state index contributed by atoms with van der Waals surface area (Å²) in [4.78, 5) is 13.1. The highest BCUT2D eigenvalue weighted by Gasteiger charge is 2.23. The molecule has 0 saturated carbocycles. The molecule has 4 aromatic rings. The Hall–Kier alpha value is -3.87. The van der Waals surface area contributed by atoms with E-state index in [1.54, 1.807) is 6.92 Å². The molecule has 2 heterocycles. The lowest BCUT2D eigenvalue weighted by Gasteiger charge is -2.09. The zero-order chi connectivity index (χ0) is 23.5. The van der Waals surface area contributed by atoms with Crippen molar-refractivity contribution in [3.8, 4) is 5.75 Å². The largest absolute Gasteiger partial charge is 0.489 e. The van der Waals surface area contributed by atoms with Crippen LogP contribution in [0, 0.1) is 34.6 Å². The van der Waals surface area contributed by atoms with Gasteiger partial charge in [-0.3, -0.25) is 9.48 Å². The van der Waals surface area contributed by atoms with E-state index in [2.05, 4.69) is 33.8 Å². The smallest absolute Gasteiger partial charge is 0.278 e. The molecule has 0 atom stereocenters. The van der Waals surface area contributed by atoms with Crippen molar-refractivity contribution in [3.05, 3.63) is 93.6 Å². The van der Waals surface area contributed by atoms with Crippen molar-refractivity contribution in [2.75, 3.05) is 5.32 Å². The molecule has 170 valence electrons. The van der Waals surface area contributed by atoms with Crippen molar-refractivity contribution < 1.29 is 14.1 Å². The maximum atomic E-state index is 13.1. The van der Waals surface area contributed by atoms with Crippen LogP contribution in [-0.2, 0) is 13.2 Å². The second-order valence-corrected chi connectivity index (χ2v) is 8.32. The van der Waals surface area contributed by atoms with Gasteiger partial charge < -0.3 is 14.6 Å². The molecule has 0 fully saturated rings. The number of benzene rings is 2. The minimum atomic E-state index is -0.351. The first-order chi connectivity index (χ1) is 15.8. The van der Waals surface area contributed by atoms with E-state index < -0.39 is 0 Å². The molecular weight excluding hydrogens is 416 g/mol. The maximum Gasteiger partial charge on any atom is 0.278 e. The van der Waals surface area contributed by atoms with Gasteiger partial charge in [-0.25, -0.2) is 0 Å². The first-order valence-corrected chi connectivity index (χ1v) is 10.9. The summed E-state index contributed by atoms with van der Waals surface area (Å²) in [6, 6.07) is 16.1. The van der Waals surface area contributed by atoms with E-state index >= 15 is 0 Å². The van der Waals surface area contributed by atoms with E-state index in [1.165, 1.54) is 0 Å². The lowest BCUT2D eigenvalue weighted by molar-refractivity contribution is 0.101. The van der Waals surface area contributed by atoms with Crippen LogP contribution in [0.25, 0.3) is 0 Å². The average molecular weight is 445 g/mol. The van der Waals surface area contributed by atoms with Gasteiger partial charge in [0.05, 0.1) is 29.2 Å². The van der Waals surface area contributed by atoms with Crippen LogP contribution < -0.4 is 10.1 Å². The molecule has 0 radical (unpaired) electrons. The van der Waals surface area contributed by atoms with Crippen LogP contribution in [0.3, 0.4) is 0 Å². The van der Waals surface area contributed by atoms with Crippen LogP contribution >= 0.6 is 0 Å². The van der Waals surface area contributed by atoms with E-state index in [0.29, 0.717) is 23.6 Å². The number of nitrogens with one attached hydrogen (secondary N) is 1. The van der Waals surface area contributed by atoms with Gasteiger partial charge in [-0.2, -0.15) is 5.10 Å². The van der Waals surface area contributed by atoms with Gasteiger partial charge in [-0.1, -0.05) is 41.6 Å². The number of carbonyl (C=O) groups excluding carboxylic acids is 1. The molecule has 1 amide bonds. The third-order valence-electron chi connectivity index (χ3n) is 5.57. The Bertz CT molecular complexity index is 1270. The van der Waals surface area contributed by atoms with E-state index in [9.17, 15) is 4.79 Å². The predicted molar refractivity (Wildman–Crippen MR) is 127 cm³/mol. The fraction of sp³-hybridized carbons (Fsp3) is 0.269. The number of amides is 1. The minimum absolute atomic E-state index is 0.187. The Morgan fingerprint density at radius 1 is 1.03 bits per heavy atom. The third kappa shape index (κ3) is 4.98. The number of aromatic nitrogens is 3. The first kappa shape index (κ1) is 22.3. The molecule has 7 nitrogen and oxygen atoms in total. The zero-order valence-electron chi connectivity index (χ0n) is 19.6. The molecule has 33 heavy (non-hydrogen) atoms. The van der Waals surface area contributed by atoms with Crippen molar-refractivity contribution in [2.45, 2.75) is 47.8 Å². The monoisotopic (exact) mass is 444 g/mol. The third-order valence-corrected chi connectivity index (χ3v) is 5.57. The molecule has 0 aliphatic rings. The number of rotatable bonds is 7. The van der Waals surface area contributed by atoms with Gasteiger partial charge in [0.15, 0.2) is 5.69 Å². The summed E-state index contributed by atoms with van der Waals surface area (Å²) in [7, 11) is 0. The molecule has 7 heteroatoms. The topological polar surface area (TPSA) is 82.2 Å². The average Bonchev–Trinajstić information content (AvgIpc) is 3.26. The lowest BCUT2D eigenvalue weighted by atomic mass is 10.1. The molecule has 0 spiro atoms. The van der Waals surface area contributed by atoms with Gasteiger partial charge in [-0.05, 0) is 63.4 Å². The SMILES string of the molecule is Cc1cc(C)cc(OCc2c(C(=O)Nc3c(C)nn(Cc4ccccc4)c3C)noc2C)c1. The van der Waals surface area contributed by atoms with Crippen LogP contribution in [0.5, 0.6) is 5.75 Å². The standard InChI is InChI=1S/C26H28N4O3/c1-16-11-17(2)13-22(12-16)32-15-23-20(5)33-29-25(23)26(31)27-24-18(3)28-30(19(24)4)14-21-9-7-6-8-10-21/h6-13H,14-15H2,1-5H3,(H,27,31). The number of ether oxygens (including phenoxy) is 1. The Balaban J connectivity index is 1.51. The van der Waals surface area contributed by atoms with E-state index in [0.717, 1.165) is 33.8 Å². The zero-order valence-corrected chi connectivity index (χ0v) is 19.6. The van der Waals surface area contributed by atoms with Crippen molar-refractivity contribution >= 4 is 11.6 Å². The van der Waals surface area contributed by atoms with Gasteiger partial charge in [0.25, 0.3) is 5.91 Å². The van der Waals surface area contributed by atoms with E-state index in [4.69, 9.17) is 9.26 Å². The van der Waals surface area contributed by atoms with Gasteiger partial charge in [0.1, 0.15) is 18.1 Å². The van der Waals surface area contributed by atoms with Gasteiger partial charge in [0.2, 0.25) is 0 Å². The molecule has 0 unspecified atom stereocenters. The Labute approximate surface area is 193 Å². The first-order valence-electron chi connectivity index (χ1n) is 10.9. The molecule has 2 aromatic carbocycles. The van der Waals surface area contributed by atoms with Crippen molar-refractivity contribution in [2.24, 2.45) is 0 Å². The summed E-state index contributed by atoms with van der Waals surface area (Å²) >= 11 is 0. The van der Waals surface area contributed by atoms with E-state index in [1.807, 2.05) is 62.7 Å². The number of nitrogens with zero attached hydrogens (tertiary/aromatic N) is 3. The van der Waals surface area contributed by atoms with Crippen LogP contribution in [-0.4, -0.2) is 20.8 Å². The molecular formula is C26H28N4O3. The van der Waals surface area contributed by atoms with Crippen LogP contribution in [0.1, 0.15) is 49.9 Å². The number of anilines is 1. The van der Waals surface area contributed by atoms with Crippen LogP contribution in [0.2, 0.25) is 0 Å². The fourth-order valence-electron chi connectivity index (χ4n) is 3.87. The van der Waals surface area contributed by atoms with Crippen LogP contribution in [0.15, 0.2) is 53.1 Å². The Morgan fingerprint density at radius 3 is 2.42 bits per heavy atom. The molecule has 0 saturated heterocycles. The molecule has 2 aromatic heterocycles. The number of hydrogen-bond donors (Lipinski definition) is 1. The van der Waals surface area contributed by atoms with E-state index in [-0.39, 0.29) is 18.2 Å². The maximum absolute atomic E-state index is 13.1. The lowest BCUT2D eigenvalue weighted by Crippen LogP contribution is -2.16. The summed E-state index contributed by atoms with van der Waals surface area (Å²) in [6.45, 7) is 10.4. The summed E-state index contributed by atoms with van der Waals surface area (Å²) in [6.07, 6.45) is 0. The highest BCUT2D eigenvalue weighted by molar-refractivity contribution is 6.04. The van der Waals surface area contributed by atoms with Gasteiger partial charge in [0, 0.05) is 0 Å². The normalized spacial score (nSPS) is 10.9.